The Balaban J connectivity index is 0.00000261. The van der Waals surface area contributed by atoms with Crippen molar-refractivity contribution >= 4 is 29.8 Å². The first-order valence-corrected chi connectivity index (χ1v) is 9.04. The summed E-state index contributed by atoms with van der Waals surface area (Å²) in [4.78, 5) is 13.9. The van der Waals surface area contributed by atoms with Gasteiger partial charge in [0.2, 0.25) is 0 Å². The lowest BCUT2D eigenvalue weighted by Crippen LogP contribution is -2.57. The molecule has 1 amide bonds. The van der Waals surface area contributed by atoms with Crippen molar-refractivity contribution in [1.82, 2.24) is 19.9 Å². The molecule has 1 unspecified atom stereocenters. The summed E-state index contributed by atoms with van der Waals surface area (Å²) < 4.78 is 44.3. The predicted molar refractivity (Wildman–Crippen MR) is 101 cm³/mol. The Morgan fingerprint density at radius 2 is 1.93 bits per heavy atom. The van der Waals surface area contributed by atoms with Gasteiger partial charge in [-0.1, -0.05) is 30.3 Å². The zero-order chi connectivity index (χ0) is 18.6. The summed E-state index contributed by atoms with van der Waals surface area (Å²) in [5, 5.41) is 5.44. The number of amides is 1. The summed E-state index contributed by atoms with van der Waals surface area (Å²) >= 11 is 0.980. The van der Waals surface area contributed by atoms with Gasteiger partial charge in [-0.25, -0.2) is 0 Å². The van der Waals surface area contributed by atoms with Crippen LogP contribution in [0.25, 0.3) is 11.3 Å². The Hall–Kier alpha value is -1.68. The first kappa shape index (κ1) is 21.6. The number of rotatable bonds is 5. The molecule has 1 saturated heterocycles. The molecule has 1 atom stereocenters. The molecule has 0 aliphatic carbocycles. The minimum atomic E-state index is -4.40. The second-order valence-corrected chi connectivity index (χ2v) is 6.80. The zero-order valence-corrected chi connectivity index (χ0v) is 16.0. The van der Waals surface area contributed by atoms with Gasteiger partial charge in [-0.05, 0) is 17.6 Å². The number of halogens is 4. The van der Waals surface area contributed by atoms with Gasteiger partial charge in [0.15, 0.2) is 0 Å². The third-order valence-electron chi connectivity index (χ3n) is 4.23. The highest BCUT2D eigenvalue weighted by Crippen LogP contribution is 2.25. The summed E-state index contributed by atoms with van der Waals surface area (Å²) in [7, 11) is 0. The molecule has 27 heavy (non-hydrogen) atoms. The highest BCUT2D eigenvalue weighted by Gasteiger charge is 2.43. The fourth-order valence-electron chi connectivity index (χ4n) is 2.85. The Morgan fingerprint density at radius 3 is 2.56 bits per heavy atom. The summed E-state index contributed by atoms with van der Waals surface area (Å²) in [6, 6.07) is 9.22. The monoisotopic (exact) mass is 420 g/mol. The van der Waals surface area contributed by atoms with E-state index in [-0.39, 0.29) is 12.4 Å². The van der Waals surface area contributed by atoms with Gasteiger partial charge in [-0.3, -0.25) is 9.69 Å². The number of alkyl halides is 3. The second-order valence-electron chi connectivity index (χ2n) is 6.00. The first-order valence-electron chi connectivity index (χ1n) is 8.27. The van der Waals surface area contributed by atoms with Crippen LogP contribution in [-0.2, 0) is 0 Å². The molecule has 2 N–H and O–H groups in total. The maximum absolute atomic E-state index is 13.4. The normalized spacial score (nSPS) is 16.4. The molecule has 0 radical (unpaired) electrons. The van der Waals surface area contributed by atoms with Crippen LogP contribution in [0.4, 0.5) is 13.2 Å². The highest BCUT2D eigenvalue weighted by molar-refractivity contribution is 7.08. The average Bonchev–Trinajstić information content (AvgIpc) is 3.12. The number of aromatic nitrogens is 1. The summed E-state index contributed by atoms with van der Waals surface area (Å²) in [5.74, 6) is -0.533. The average molecular weight is 421 g/mol. The number of carbonyl (C=O) groups excluding carboxylic acids is 1. The van der Waals surface area contributed by atoms with E-state index in [0.29, 0.717) is 36.8 Å². The largest absolute Gasteiger partial charge is 0.405 e. The van der Waals surface area contributed by atoms with Crippen molar-refractivity contribution in [2.45, 2.75) is 12.2 Å². The van der Waals surface area contributed by atoms with Crippen molar-refractivity contribution in [3.63, 3.8) is 0 Å². The highest BCUT2D eigenvalue weighted by atomic mass is 35.5. The van der Waals surface area contributed by atoms with Gasteiger partial charge in [0.05, 0.1) is 5.69 Å². The summed E-state index contributed by atoms with van der Waals surface area (Å²) in [6.07, 6.45) is -4.40. The van der Waals surface area contributed by atoms with Crippen LogP contribution in [0.2, 0.25) is 0 Å². The molecule has 1 aliphatic heterocycles. The summed E-state index contributed by atoms with van der Waals surface area (Å²) in [6.45, 7) is 1.16. The topological polar surface area (TPSA) is 57.3 Å². The molecule has 5 nitrogen and oxygen atoms in total. The van der Waals surface area contributed by atoms with Gasteiger partial charge in [0, 0.05) is 38.3 Å². The molecule has 0 saturated carbocycles. The maximum Gasteiger partial charge on any atom is 0.405 e. The van der Waals surface area contributed by atoms with E-state index in [1.807, 2.05) is 30.3 Å². The van der Waals surface area contributed by atoms with Crippen LogP contribution in [0.3, 0.4) is 0 Å². The van der Waals surface area contributed by atoms with Crippen molar-refractivity contribution in [3.05, 3.63) is 41.3 Å². The number of nitrogens with one attached hydrogen (secondary N) is 2. The Kier molecular flexibility index (Phi) is 7.60. The minimum absolute atomic E-state index is 0. The predicted octanol–water partition coefficient (Wildman–Crippen LogP) is 2.80. The number of carbonyl (C=O) groups is 1. The van der Waals surface area contributed by atoms with Crippen molar-refractivity contribution < 1.29 is 18.0 Å². The van der Waals surface area contributed by atoms with Crippen molar-refractivity contribution in [2.75, 3.05) is 32.7 Å². The van der Waals surface area contributed by atoms with Crippen molar-refractivity contribution in [2.24, 2.45) is 0 Å². The van der Waals surface area contributed by atoms with Crippen LogP contribution in [0.5, 0.6) is 0 Å². The first-order chi connectivity index (χ1) is 12.4. The van der Waals surface area contributed by atoms with Crippen molar-refractivity contribution in [1.29, 1.82) is 0 Å². The van der Waals surface area contributed by atoms with E-state index in [4.69, 9.17) is 0 Å². The number of piperazine rings is 1. The van der Waals surface area contributed by atoms with Crippen LogP contribution in [-0.4, -0.2) is 60.1 Å². The van der Waals surface area contributed by atoms with E-state index >= 15 is 0 Å². The van der Waals surface area contributed by atoms with E-state index in [1.165, 1.54) is 4.90 Å². The second kappa shape index (κ2) is 9.50. The Bertz CT molecular complexity index is 735. The Morgan fingerprint density at radius 1 is 1.26 bits per heavy atom. The number of hydrogen-bond acceptors (Lipinski definition) is 5. The minimum Gasteiger partial charge on any atom is -0.349 e. The molecule has 2 aromatic rings. The molecule has 0 bridgehead atoms. The smallest absolute Gasteiger partial charge is 0.349 e. The van der Waals surface area contributed by atoms with Gasteiger partial charge in [0.1, 0.15) is 10.9 Å². The van der Waals surface area contributed by atoms with E-state index in [9.17, 15) is 18.0 Å². The molecule has 0 spiro atoms. The number of nitrogens with zero attached hydrogens (tertiary/aromatic N) is 2. The van der Waals surface area contributed by atoms with Crippen molar-refractivity contribution in [3.8, 4) is 11.3 Å². The molecule has 10 heteroatoms. The molecule has 2 heterocycles. The molecule has 3 rings (SSSR count). The molecule has 1 fully saturated rings. The lowest BCUT2D eigenvalue weighted by Gasteiger charge is -2.35. The molecule has 148 valence electrons. The quantitative estimate of drug-likeness (QED) is 0.781. The molecule has 1 aromatic heterocycles. The molecule has 1 aliphatic rings. The fourth-order valence-corrected chi connectivity index (χ4v) is 3.52. The molecule has 1 aromatic carbocycles. The lowest BCUT2D eigenvalue weighted by atomic mass is 10.1. The van der Waals surface area contributed by atoms with Gasteiger partial charge in [-0.15, -0.1) is 12.4 Å². The third-order valence-corrected chi connectivity index (χ3v) is 5.02. The molecular weight excluding hydrogens is 401 g/mol. The van der Waals surface area contributed by atoms with E-state index in [1.54, 1.807) is 6.07 Å². The van der Waals surface area contributed by atoms with Gasteiger partial charge >= 0.3 is 6.18 Å². The van der Waals surface area contributed by atoms with Gasteiger partial charge in [0.25, 0.3) is 5.91 Å². The van der Waals surface area contributed by atoms with Crippen LogP contribution in [0.1, 0.15) is 9.67 Å². The third kappa shape index (κ3) is 5.65. The number of benzene rings is 1. The van der Waals surface area contributed by atoms with Crippen LogP contribution in [0.15, 0.2) is 36.4 Å². The SMILES string of the molecule is Cl.O=C(NCC(N1CCNCC1)C(F)(F)F)c1cc(-c2ccccc2)ns1. The maximum atomic E-state index is 13.4. The number of hydrogen-bond donors (Lipinski definition) is 2. The lowest BCUT2D eigenvalue weighted by molar-refractivity contribution is -0.183. The van der Waals surface area contributed by atoms with E-state index < -0.39 is 24.7 Å². The van der Waals surface area contributed by atoms with Gasteiger partial charge in [-0.2, -0.15) is 17.5 Å². The molecular formula is C17H20ClF3N4OS. The fraction of sp³-hybridized carbons (Fsp3) is 0.412. The van der Waals surface area contributed by atoms with Crippen LogP contribution >= 0.6 is 23.9 Å². The Labute approximate surface area is 165 Å². The van der Waals surface area contributed by atoms with Crippen LogP contribution in [0, 0.1) is 0 Å². The zero-order valence-electron chi connectivity index (χ0n) is 14.3. The van der Waals surface area contributed by atoms with E-state index in [0.717, 1.165) is 17.1 Å². The summed E-state index contributed by atoms with van der Waals surface area (Å²) in [5.41, 5.74) is 1.49. The van der Waals surface area contributed by atoms with E-state index in [2.05, 4.69) is 15.0 Å². The van der Waals surface area contributed by atoms with Gasteiger partial charge < -0.3 is 10.6 Å². The standard InChI is InChI=1S/C17H19F3N4OS.ClH/c18-17(19,20)15(24-8-6-21-7-9-24)11-22-16(25)14-10-13(23-26-14)12-4-2-1-3-5-12;/h1-5,10,15,21H,6-9,11H2,(H,22,25);1H. The van der Waals surface area contributed by atoms with Crippen LogP contribution < -0.4 is 10.6 Å².